The van der Waals surface area contributed by atoms with Crippen LogP contribution in [0.5, 0.6) is 0 Å². The van der Waals surface area contributed by atoms with Gasteiger partial charge in [0.25, 0.3) is 0 Å². The third kappa shape index (κ3) is 7.06. The Labute approximate surface area is 66.7 Å². The van der Waals surface area contributed by atoms with Crippen LogP contribution in [0.1, 0.15) is 19.3 Å². The number of methoxy groups -OCH3 is 1. The summed E-state index contributed by atoms with van der Waals surface area (Å²) < 4.78 is 4.38. The van der Waals surface area contributed by atoms with Crippen LogP contribution >= 0.6 is 0 Å². The summed E-state index contributed by atoms with van der Waals surface area (Å²) in [6.07, 6.45) is 5.66. The highest BCUT2D eigenvalue weighted by atomic mass is 16.5. The monoisotopic (exact) mass is 158 g/mol. The number of ether oxygens (including phenoxy) is 1. The van der Waals surface area contributed by atoms with Crippen molar-refractivity contribution < 1.29 is 14.6 Å². The molecule has 0 atom stereocenters. The molecule has 0 amide bonds. The summed E-state index contributed by atoms with van der Waals surface area (Å²) in [7, 11) is 1.35. The van der Waals surface area contributed by atoms with Crippen molar-refractivity contribution in [3.8, 4) is 0 Å². The topological polar surface area (TPSA) is 46.5 Å². The Kier molecular flexibility index (Phi) is 6.73. The second-order valence-corrected chi connectivity index (χ2v) is 2.14. The van der Waals surface area contributed by atoms with E-state index in [4.69, 9.17) is 5.11 Å². The molecule has 0 aliphatic carbocycles. The smallest absolute Gasteiger partial charge is 0.330 e. The van der Waals surface area contributed by atoms with Crippen molar-refractivity contribution in [1.29, 1.82) is 0 Å². The third-order valence-electron chi connectivity index (χ3n) is 1.23. The number of aliphatic hydroxyl groups is 1. The van der Waals surface area contributed by atoms with Gasteiger partial charge in [0.2, 0.25) is 0 Å². The highest BCUT2D eigenvalue weighted by Crippen LogP contribution is 1.95. The average molecular weight is 158 g/mol. The minimum Gasteiger partial charge on any atom is -0.466 e. The van der Waals surface area contributed by atoms with Gasteiger partial charge in [-0.2, -0.15) is 0 Å². The number of unbranched alkanes of at least 4 members (excludes halogenated alkanes) is 2. The summed E-state index contributed by atoms with van der Waals surface area (Å²) in [5, 5.41) is 8.41. The molecule has 0 saturated carbocycles. The van der Waals surface area contributed by atoms with Crippen LogP contribution in [0.3, 0.4) is 0 Å². The molecule has 0 fully saturated rings. The maximum atomic E-state index is 10.5. The van der Waals surface area contributed by atoms with Gasteiger partial charge in [-0.3, -0.25) is 0 Å². The molecular formula is C8H14O3. The van der Waals surface area contributed by atoms with Crippen molar-refractivity contribution in [2.75, 3.05) is 13.7 Å². The van der Waals surface area contributed by atoms with Crippen molar-refractivity contribution >= 4 is 5.97 Å². The van der Waals surface area contributed by atoms with Gasteiger partial charge in [0.15, 0.2) is 0 Å². The molecule has 3 heteroatoms. The van der Waals surface area contributed by atoms with Crippen LogP contribution in [0.15, 0.2) is 12.2 Å². The minimum absolute atomic E-state index is 0.214. The normalized spacial score (nSPS) is 10.4. The molecule has 0 heterocycles. The quantitative estimate of drug-likeness (QED) is 0.367. The maximum absolute atomic E-state index is 10.5. The average Bonchev–Trinajstić information content (AvgIpc) is 2.04. The molecule has 3 nitrogen and oxygen atoms in total. The van der Waals surface area contributed by atoms with Crippen molar-refractivity contribution in [2.45, 2.75) is 19.3 Å². The molecule has 0 aromatic rings. The van der Waals surface area contributed by atoms with Gasteiger partial charge in [0, 0.05) is 12.7 Å². The van der Waals surface area contributed by atoms with E-state index < -0.39 is 0 Å². The fourth-order valence-corrected chi connectivity index (χ4v) is 0.622. The van der Waals surface area contributed by atoms with Crippen molar-refractivity contribution in [3.05, 3.63) is 12.2 Å². The van der Waals surface area contributed by atoms with Crippen molar-refractivity contribution in [3.63, 3.8) is 0 Å². The minimum atomic E-state index is -0.325. The zero-order chi connectivity index (χ0) is 8.53. The largest absolute Gasteiger partial charge is 0.466 e. The highest BCUT2D eigenvalue weighted by molar-refractivity contribution is 5.81. The molecule has 11 heavy (non-hydrogen) atoms. The molecule has 0 bridgehead atoms. The van der Waals surface area contributed by atoms with E-state index in [1.54, 1.807) is 6.08 Å². The van der Waals surface area contributed by atoms with Crippen LogP contribution in [0.2, 0.25) is 0 Å². The fourth-order valence-electron chi connectivity index (χ4n) is 0.622. The Hall–Kier alpha value is -0.830. The van der Waals surface area contributed by atoms with E-state index >= 15 is 0 Å². The van der Waals surface area contributed by atoms with Gasteiger partial charge in [-0.25, -0.2) is 4.79 Å². The van der Waals surface area contributed by atoms with Gasteiger partial charge >= 0.3 is 5.97 Å². The molecule has 0 aromatic carbocycles. The van der Waals surface area contributed by atoms with E-state index in [0.29, 0.717) is 0 Å². The summed E-state index contributed by atoms with van der Waals surface area (Å²) >= 11 is 0. The van der Waals surface area contributed by atoms with Crippen LogP contribution < -0.4 is 0 Å². The van der Waals surface area contributed by atoms with E-state index in [9.17, 15) is 4.79 Å². The van der Waals surface area contributed by atoms with Crippen molar-refractivity contribution in [1.82, 2.24) is 0 Å². The summed E-state index contributed by atoms with van der Waals surface area (Å²) in [5.74, 6) is -0.325. The number of hydrogen-bond donors (Lipinski definition) is 1. The lowest BCUT2D eigenvalue weighted by Crippen LogP contribution is -1.93. The number of hydrogen-bond acceptors (Lipinski definition) is 3. The Morgan fingerprint density at radius 2 is 2.27 bits per heavy atom. The van der Waals surface area contributed by atoms with E-state index in [1.807, 2.05) is 0 Å². The van der Waals surface area contributed by atoms with Crippen LogP contribution in [0, 0.1) is 0 Å². The lowest BCUT2D eigenvalue weighted by Gasteiger charge is -1.91. The van der Waals surface area contributed by atoms with Crippen LogP contribution in [0.25, 0.3) is 0 Å². The molecule has 0 aliphatic rings. The zero-order valence-corrected chi connectivity index (χ0v) is 6.75. The van der Waals surface area contributed by atoms with E-state index in [2.05, 4.69) is 4.74 Å². The summed E-state index contributed by atoms with van der Waals surface area (Å²) in [4.78, 5) is 10.5. The second kappa shape index (κ2) is 7.28. The van der Waals surface area contributed by atoms with Gasteiger partial charge in [0.1, 0.15) is 0 Å². The predicted molar refractivity (Wildman–Crippen MR) is 42.1 cm³/mol. The molecule has 0 saturated heterocycles. The SMILES string of the molecule is COC(=O)C=CCCCCO. The van der Waals surface area contributed by atoms with Gasteiger partial charge in [-0.1, -0.05) is 6.08 Å². The number of rotatable bonds is 5. The molecule has 0 rings (SSSR count). The van der Waals surface area contributed by atoms with Crippen molar-refractivity contribution in [2.24, 2.45) is 0 Å². The molecule has 0 aromatic heterocycles. The van der Waals surface area contributed by atoms with Gasteiger partial charge in [-0.15, -0.1) is 0 Å². The van der Waals surface area contributed by atoms with Gasteiger partial charge in [0.05, 0.1) is 7.11 Å². The number of esters is 1. The Morgan fingerprint density at radius 1 is 1.55 bits per heavy atom. The molecule has 1 N–H and O–H groups in total. The number of carbonyl (C=O) groups excluding carboxylic acids is 1. The van der Waals surface area contributed by atoms with E-state index in [0.717, 1.165) is 19.3 Å². The number of carbonyl (C=O) groups is 1. The van der Waals surface area contributed by atoms with Crippen LogP contribution in [-0.2, 0) is 9.53 Å². The molecular weight excluding hydrogens is 144 g/mol. The van der Waals surface area contributed by atoms with Crippen LogP contribution in [0.4, 0.5) is 0 Å². The first-order valence-corrected chi connectivity index (χ1v) is 3.66. The Morgan fingerprint density at radius 3 is 2.82 bits per heavy atom. The lowest BCUT2D eigenvalue weighted by molar-refractivity contribution is -0.134. The van der Waals surface area contributed by atoms with Crippen LogP contribution in [-0.4, -0.2) is 24.8 Å². The summed E-state index contributed by atoms with van der Waals surface area (Å²) in [6.45, 7) is 0.214. The van der Waals surface area contributed by atoms with E-state index in [1.165, 1.54) is 13.2 Å². The first-order chi connectivity index (χ1) is 5.31. The Balaban J connectivity index is 3.22. The van der Waals surface area contributed by atoms with Gasteiger partial charge in [-0.05, 0) is 19.3 Å². The van der Waals surface area contributed by atoms with E-state index in [-0.39, 0.29) is 12.6 Å². The standard InChI is InChI=1S/C8H14O3/c1-11-8(10)6-4-2-3-5-7-9/h4,6,9H,2-3,5,7H2,1H3. The molecule has 0 unspecified atom stereocenters. The Bertz CT molecular complexity index is 129. The first kappa shape index (κ1) is 10.2. The second-order valence-electron chi connectivity index (χ2n) is 2.14. The predicted octanol–water partition coefficient (Wildman–Crippen LogP) is 0.878. The molecule has 0 aliphatic heterocycles. The highest BCUT2D eigenvalue weighted by Gasteiger charge is 1.88. The fraction of sp³-hybridized carbons (Fsp3) is 0.625. The maximum Gasteiger partial charge on any atom is 0.330 e. The summed E-state index contributed by atoms with van der Waals surface area (Å²) in [6, 6.07) is 0. The lowest BCUT2D eigenvalue weighted by atomic mass is 10.2. The van der Waals surface area contributed by atoms with Gasteiger partial charge < -0.3 is 9.84 Å². The molecule has 64 valence electrons. The number of aliphatic hydroxyl groups excluding tert-OH is 1. The zero-order valence-electron chi connectivity index (χ0n) is 6.75. The first-order valence-electron chi connectivity index (χ1n) is 3.66. The molecule has 0 radical (unpaired) electrons. The molecule has 0 spiro atoms. The summed E-state index contributed by atoms with van der Waals surface area (Å²) in [5.41, 5.74) is 0. The number of allylic oxidation sites excluding steroid dienone is 1. The third-order valence-corrected chi connectivity index (χ3v) is 1.23.